The van der Waals surface area contributed by atoms with E-state index in [2.05, 4.69) is 5.32 Å². The van der Waals surface area contributed by atoms with Crippen molar-refractivity contribution in [3.8, 4) is 0 Å². The molecule has 0 aromatic heterocycles. The Kier molecular flexibility index (Phi) is 6.21. The lowest BCUT2D eigenvalue weighted by Crippen LogP contribution is -2.47. The van der Waals surface area contributed by atoms with Gasteiger partial charge in [0, 0.05) is 26.1 Å². The Bertz CT molecular complexity index is 372. The van der Waals surface area contributed by atoms with Gasteiger partial charge >= 0.3 is 12.0 Å². The zero-order chi connectivity index (χ0) is 15.2. The number of carbonyl (C=O) groups is 2. The second-order valence-electron chi connectivity index (χ2n) is 6.34. The summed E-state index contributed by atoms with van der Waals surface area (Å²) >= 11 is 1.96. The zero-order valence-electron chi connectivity index (χ0n) is 12.7. The van der Waals surface area contributed by atoms with Gasteiger partial charge in [0.1, 0.15) is 0 Å². The van der Waals surface area contributed by atoms with Crippen LogP contribution in [0.3, 0.4) is 0 Å². The molecule has 5 nitrogen and oxygen atoms in total. The number of amides is 2. The summed E-state index contributed by atoms with van der Waals surface area (Å²) in [7, 11) is 0. The maximum Gasteiger partial charge on any atom is 0.317 e. The minimum atomic E-state index is -0.747. The molecule has 120 valence electrons. The van der Waals surface area contributed by atoms with E-state index < -0.39 is 5.97 Å². The first kappa shape index (κ1) is 16.5. The molecule has 0 aromatic carbocycles. The Morgan fingerprint density at radius 1 is 1.43 bits per heavy atom. The molecule has 3 unspecified atom stereocenters. The summed E-state index contributed by atoms with van der Waals surface area (Å²) in [5.74, 6) is 2.66. The van der Waals surface area contributed by atoms with Crippen molar-refractivity contribution in [2.45, 2.75) is 32.6 Å². The van der Waals surface area contributed by atoms with Gasteiger partial charge in [0.05, 0.1) is 0 Å². The number of piperidine rings is 1. The average molecular weight is 314 g/mol. The van der Waals surface area contributed by atoms with Crippen molar-refractivity contribution in [3.63, 3.8) is 0 Å². The molecule has 2 heterocycles. The van der Waals surface area contributed by atoms with E-state index in [4.69, 9.17) is 5.11 Å². The molecule has 2 aliphatic rings. The minimum Gasteiger partial charge on any atom is -0.481 e. The number of likely N-dealkylation sites (tertiary alicyclic amines) is 1. The highest BCUT2D eigenvalue weighted by Crippen LogP contribution is 2.26. The van der Waals surface area contributed by atoms with Crippen LogP contribution in [0.5, 0.6) is 0 Å². The molecule has 2 saturated heterocycles. The average Bonchev–Trinajstić information content (AvgIpc) is 2.97. The highest BCUT2D eigenvalue weighted by Gasteiger charge is 2.28. The lowest BCUT2D eigenvalue weighted by atomic mass is 9.85. The Morgan fingerprint density at radius 2 is 2.24 bits per heavy atom. The fourth-order valence-electron chi connectivity index (χ4n) is 3.19. The second-order valence-corrected chi connectivity index (χ2v) is 7.49. The third kappa shape index (κ3) is 5.09. The van der Waals surface area contributed by atoms with Gasteiger partial charge in [-0.3, -0.25) is 4.79 Å². The molecule has 0 radical (unpaired) electrons. The van der Waals surface area contributed by atoms with E-state index in [0.717, 1.165) is 31.7 Å². The summed E-state index contributed by atoms with van der Waals surface area (Å²) in [6.45, 7) is 4.24. The normalized spacial score (nSPS) is 27.4. The summed E-state index contributed by atoms with van der Waals surface area (Å²) in [5, 5.41) is 12.0. The molecule has 0 saturated carbocycles. The Balaban J connectivity index is 1.76. The highest BCUT2D eigenvalue weighted by atomic mass is 32.2. The Labute approximate surface area is 130 Å². The predicted molar refractivity (Wildman–Crippen MR) is 84.5 cm³/mol. The van der Waals surface area contributed by atoms with Gasteiger partial charge in [0.2, 0.25) is 0 Å². The molecule has 3 atom stereocenters. The number of thioether (sulfide) groups is 1. The van der Waals surface area contributed by atoms with E-state index in [0.29, 0.717) is 18.4 Å². The third-order valence-electron chi connectivity index (χ3n) is 4.61. The van der Waals surface area contributed by atoms with E-state index in [-0.39, 0.29) is 18.4 Å². The number of aliphatic carboxylic acids is 1. The van der Waals surface area contributed by atoms with Crippen LogP contribution in [0, 0.1) is 17.8 Å². The van der Waals surface area contributed by atoms with E-state index in [1.807, 2.05) is 23.6 Å². The van der Waals surface area contributed by atoms with Crippen molar-refractivity contribution in [3.05, 3.63) is 0 Å². The monoisotopic (exact) mass is 314 g/mol. The van der Waals surface area contributed by atoms with Gasteiger partial charge in [-0.15, -0.1) is 0 Å². The van der Waals surface area contributed by atoms with E-state index in [1.54, 1.807) is 0 Å². The van der Waals surface area contributed by atoms with Gasteiger partial charge in [-0.05, 0) is 48.5 Å². The van der Waals surface area contributed by atoms with Crippen molar-refractivity contribution in [1.29, 1.82) is 0 Å². The number of nitrogens with one attached hydrogen (secondary N) is 1. The fraction of sp³-hybridized carbons (Fsp3) is 0.867. The van der Waals surface area contributed by atoms with Crippen molar-refractivity contribution in [2.75, 3.05) is 31.1 Å². The highest BCUT2D eigenvalue weighted by molar-refractivity contribution is 7.99. The molecule has 2 rings (SSSR count). The fourth-order valence-corrected chi connectivity index (χ4v) is 4.47. The molecule has 2 amide bonds. The van der Waals surface area contributed by atoms with Gasteiger partial charge in [-0.2, -0.15) is 11.8 Å². The maximum atomic E-state index is 12.2. The Morgan fingerprint density at radius 3 is 2.90 bits per heavy atom. The van der Waals surface area contributed by atoms with Crippen molar-refractivity contribution < 1.29 is 14.7 Å². The molecule has 2 fully saturated rings. The largest absolute Gasteiger partial charge is 0.481 e. The van der Waals surface area contributed by atoms with Crippen LogP contribution in [0.15, 0.2) is 0 Å². The summed E-state index contributed by atoms with van der Waals surface area (Å²) in [5.41, 5.74) is 0. The van der Waals surface area contributed by atoms with Crippen LogP contribution in [-0.4, -0.2) is 53.1 Å². The number of hydrogen-bond donors (Lipinski definition) is 2. The molecule has 21 heavy (non-hydrogen) atoms. The Hall–Kier alpha value is -0.910. The molecule has 0 aliphatic carbocycles. The number of nitrogens with zero attached hydrogens (tertiary/aromatic N) is 1. The summed E-state index contributed by atoms with van der Waals surface area (Å²) in [6, 6.07) is 0.0270. The smallest absolute Gasteiger partial charge is 0.317 e. The van der Waals surface area contributed by atoms with Crippen molar-refractivity contribution in [2.24, 2.45) is 17.8 Å². The molecule has 0 bridgehead atoms. The number of urea groups is 1. The number of carbonyl (C=O) groups excluding carboxylic acids is 1. The van der Waals surface area contributed by atoms with Crippen molar-refractivity contribution in [1.82, 2.24) is 10.2 Å². The first-order chi connectivity index (χ1) is 10.1. The van der Waals surface area contributed by atoms with E-state index in [1.165, 1.54) is 12.2 Å². The van der Waals surface area contributed by atoms with Crippen LogP contribution in [0.25, 0.3) is 0 Å². The number of carboxylic acids is 1. The van der Waals surface area contributed by atoms with E-state index >= 15 is 0 Å². The van der Waals surface area contributed by atoms with Crippen LogP contribution in [0.1, 0.15) is 32.6 Å². The van der Waals surface area contributed by atoms with Gasteiger partial charge in [0.15, 0.2) is 0 Å². The summed E-state index contributed by atoms with van der Waals surface area (Å²) in [4.78, 5) is 24.9. The van der Waals surface area contributed by atoms with Crippen LogP contribution in [0.2, 0.25) is 0 Å². The molecular weight excluding hydrogens is 288 g/mol. The number of carboxylic acid groups (broad SMARTS) is 1. The van der Waals surface area contributed by atoms with Crippen LogP contribution >= 0.6 is 11.8 Å². The van der Waals surface area contributed by atoms with E-state index in [9.17, 15) is 9.59 Å². The molecule has 2 aliphatic heterocycles. The predicted octanol–water partition coefficient (Wildman–Crippen LogP) is 2.27. The zero-order valence-corrected chi connectivity index (χ0v) is 13.5. The first-order valence-electron chi connectivity index (χ1n) is 7.88. The van der Waals surface area contributed by atoms with Crippen LogP contribution in [-0.2, 0) is 4.79 Å². The quantitative estimate of drug-likeness (QED) is 0.817. The SMILES string of the molecule is CC(CC(=O)O)C1CCCN(C(=O)NCC2CCSC2)C1. The molecular formula is C15H26N2O3S. The summed E-state index contributed by atoms with van der Waals surface area (Å²) < 4.78 is 0. The van der Waals surface area contributed by atoms with Crippen LogP contribution < -0.4 is 5.32 Å². The van der Waals surface area contributed by atoms with Crippen molar-refractivity contribution >= 4 is 23.8 Å². The van der Waals surface area contributed by atoms with Gasteiger partial charge in [-0.1, -0.05) is 6.92 Å². The molecule has 6 heteroatoms. The lowest BCUT2D eigenvalue weighted by Gasteiger charge is -2.35. The third-order valence-corrected chi connectivity index (χ3v) is 5.84. The number of hydrogen-bond acceptors (Lipinski definition) is 3. The van der Waals surface area contributed by atoms with Gasteiger partial charge in [-0.25, -0.2) is 4.79 Å². The minimum absolute atomic E-state index is 0.0270. The standard InChI is InChI=1S/C15H26N2O3S/c1-11(7-14(18)19)13-3-2-5-17(9-13)15(20)16-8-12-4-6-21-10-12/h11-13H,2-10H2,1H3,(H,16,20)(H,18,19). The maximum absolute atomic E-state index is 12.2. The van der Waals surface area contributed by atoms with Gasteiger partial charge < -0.3 is 15.3 Å². The second kappa shape index (κ2) is 7.92. The van der Waals surface area contributed by atoms with Crippen LogP contribution in [0.4, 0.5) is 4.79 Å². The number of rotatable bonds is 5. The molecule has 0 aromatic rings. The molecule has 2 N–H and O–H groups in total. The summed E-state index contributed by atoms with van der Waals surface area (Å²) in [6.07, 6.45) is 3.39. The lowest BCUT2D eigenvalue weighted by molar-refractivity contribution is -0.138. The topological polar surface area (TPSA) is 69.6 Å². The van der Waals surface area contributed by atoms with Gasteiger partial charge in [0.25, 0.3) is 0 Å². The molecule has 0 spiro atoms. The first-order valence-corrected chi connectivity index (χ1v) is 9.04.